The van der Waals surface area contributed by atoms with Crippen molar-refractivity contribution in [2.75, 3.05) is 16.6 Å². The topological polar surface area (TPSA) is 75.7 Å². The summed E-state index contributed by atoms with van der Waals surface area (Å²) < 4.78 is 44.6. The Bertz CT molecular complexity index is 900. The molecule has 0 bridgehead atoms. The van der Waals surface area contributed by atoms with Crippen molar-refractivity contribution in [2.24, 2.45) is 0 Å². The Morgan fingerprint density at radius 2 is 1.92 bits per heavy atom. The van der Waals surface area contributed by atoms with E-state index in [1.165, 1.54) is 16.4 Å². The van der Waals surface area contributed by atoms with E-state index in [0.717, 1.165) is 5.56 Å². The predicted molar refractivity (Wildman–Crippen MR) is 95.9 cm³/mol. The van der Waals surface area contributed by atoms with Crippen molar-refractivity contribution < 1.29 is 22.3 Å². The van der Waals surface area contributed by atoms with Crippen LogP contribution >= 0.6 is 0 Å². The Hall–Kier alpha value is -2.61. The van der Waals surface area contributed by atoms with Gasteiger partial charge in [0.15, 0.2) is 6.10 Å². The molecule has 0 radical (unpaired) electrons. The van der Waals surface area contributed by atoms with Crippen LogP contribution in [-0.2, 0) is 21.4 Å². The van der Waals surface area contributed by atoms with Crippen molar-refractivity contribution in [1.82, 2.24) is 5.32 Å². The highest BCUT2D eigenvalue weighted by atomic mass is 32.2. The highest BCUT2D eigenvalue weighted by Gasteiger charge is 2.35. The average Bonchev–Trinajstić information content (AvgIpc) is 2.66. The van der Waals surface area contributed by atoms with Gasteiger partial charge in [0, 0.05) is 6.54 Å². The molecule has 1 heterocycles. The summed E-state index contributed by atoms with van der Waals surface area (Å²) >= 11 is 0. The Labute approximate surface area is 151 Å². The van der Waals surface area contributed by atoms with Crippen LogP contribution in [0.2, 0.25) is 0 Å². The van der Waals surface area contributed by atoms with Crippen LogP contribution in [0.4, 0.5) is 10.1 Å². The molecule has 0 aliphatic carbocycles. The summed E-state index contributed by atoms with van der Waals surface area (Å²) in [6, 6.07) is 12.5. The van der Waals surface area contributed by atoms with Crippen LogP contribution in [-0.4, -0.2) is 32.7 Å². The quantitative estimate of drug-likeness (QED) is 0.864. The lowest BCUT2D eigenvalue weighted by molar-refractivity contribution is -0.127. The first-order valence-electron chi connectivity index (χ1n) is 8.19. The fourth-order valence-electron chi connectivity index (χ4n) is 2.66. The maximum absolute atomic E-state index is 12.9. The van der Waals surface area contributed by atoms with Gasteiger partial charge in [0.2, 0.25) is 10.0 Å². The Morgan fingerprint density at radius 3 is 2.62 bits per heavy atom. The van der Waals surface area contributed by atoms with Gasteiger partial charge in [-0.1, -0.05) is 24.3 Å². The van der Waals surface area contributed by atoms with E-state index >= 15 is 0 Å². The van der Waals surface area contributed by atoms with E-state index in [1.807, 2.05) is 0 Å². The summed E-state index contributed by atoms with van der Waals surface area (Å²) in [5.74, 6) is -0.517. The third-order valence-electron chi connectivity index (χ3n) is 4.11. The number of halogens is 1. The van der Waals surface area contributed by atoms with Gasteiger partial charge >= 0.3 is 0 Å². The molecule has 6 nitrogen and oxygen atoms in total. The number of anilines is 1. The summed E-state index contributed by atoms with van der Waals surface area (Å²) in [5, 5.41) is 2.70. The highest BCUT2D eigenvalue weighted by molar-refractivity contribution is 7.92. The standard InChI is InChI=1S/C18H19FN2O4S/c1-2-26(23,24)21-12-17(25-16-6-4-3-5-15(16)21)18(22)20-11-13-7-9-14(19)10-8-13/h3-10,17H,2,11-12H2,1H3,(H,20,22). The van der Waals surface area contributed by atoms with Gasteiger partial charge in [-0.25, -0.2) is 12.8 Å². The number of hydrogen-bond donors (Lipinski definition) is 1. The number of fused-ring (bicyclic) bond motifs is 1. The molecule has 1 amide bonds. The molecule has 3 rings (SSSR count). The SMILES string of the molecule is CCS(=O)(=O)N1CC(C(=O)NCc2ccc(F)cc2)Oc2ccccc21. The van der Waals surface area contributed by atoms with Gasteiger partial charge in [0.1, 0.15) is 11.6 Å². The van der Waals surface area contributed by atoms with Gasteiger partial charge in [0.25, 0.3) is 5.91 Å². The fraction of sp³-hybridized carbons (Fsp3) is 0.278. The number of ether oxygens (including phenoxy) is 1. The Balaban J connectivity index is 1.76. The first-order valence-corrected chi connectivity index (χ1v) is 9.80. The van der Waals surface area contributed by atoms with E-state index in [0.29, 0.717) is 11.4 Å². The maximum Gasteiger partial charge on any atom is 0.263 e. The third-order valence-corrected chi connectivity index (χ3v) is 5.85. The van der Waals surface area contributed by atoms with E-state index in [2.05, 4.69) is 5.32 Å². The van der Waals surface area contributed by atoms with E-state index < -0.39 is 22.0 Å². The van der Waals surface area contributed by atoms with Crippen molar-refractivity contribution >= 4 is 21.6 Å². The van der Waals surface area contributed by atoms with Crippen molar-refractivity contribution in [3.8, 4) is 5.75 Å². The first kappa shape index (κ1) is 18.2. The van der Waals surface area contributed by atoms with Gasteiger partial charge in [0.05, 0.1) is 18.0 Å². The smallest absolute Gasteiger partial charge is 0.263 e. The van der Waals surface area contributed by atoms with Crippen LogP contribution in [0.25, 0.3) is 0 Å². The lowest BCUT2D eigenvalue weighted by Crippen LogP contribution is -2.50. The number of hydrogen-bond acceptors (Lipinski definition) is 4. The molecular weight excluding hydrogens is 359 g/mol. The zero-order chi connectivity index (χ0) is 18.7. The predicted octanol–water partition coefficient (Wildman–Crippen LogP) is 2.06. The van der Waals surface area contributed by atoms with E-state index in [1.54, 1.807) is 43.3 Å². The zero-order valence-electron chi connectivity index (χ0n) is 14.2. The number of nitrogens with zero attached hydrogens (tertiary/aromatic N) is 1. The third kappa shape index (κ3) is 3.80. The van der Waals surface area contributed by atoms with Crippen LogP contribution in [0.3, 0.4) is 0 Å². The van der Waals surface area contributed by atoms with Crippen LogP contribution in [0.1, 0.15) is 12.5 Å². The lowest BCUT2D eigenvalue weighted by atomic mass is 10.2. The number of nitrogens with one attached hydrogen (secondary N) is 1. The molecule has 0 spiro atoms. The summed E-state index contributed by atoms with van der Waals surface area (Å²) in [5.41, 5.74) is 1.16. The van der Waals surface area contributed by atoms with E-state index in [4.69, 9.17) is 4.74 Å². The number of sulfonamides is 1. The lowest BCUT2D eigenvalue weighted by Gasteiger charge is -2.34. The monoisotopic (exact) mass is 378 g/mol. The van der Waals surface area contributed by atoms with Gasteiger partial charge in [-0.05, 0) is 36.8 Å². The second-order valence-corrected chi connectivity index (χ2v) is 8.03. The second kappa shape index (κ2) is 7.33. The van der Waals surface area contributed by atoms with E-state index in [9.17, 15) is 17.6 Å². The fourth-order valence-corrected chi connectivity index (χ4v) is 3.79. The summed E-state index contributed by atoms with van der Waals surface area (Å²) in [7, 11) is -3.54. The molecule has 2 aromatic carbocycles. The molecule has 0 saturated carbocycles. The van der Waals surface area contributed by atoms with Crippen LogP contribution in [0.5, 0.6) is 5.75 Å². The second-order valence-electron chi connectivity index (χ2n) is 5.85. The minimum Gasteiger partial charge on any atom is -0.476 e. The molecule has 26 heavy (non-hydrogen) atoms. The highest BCUT2D eigenvalue weighted by Crippen LogP contribution is 2.35. The summed E-state index contributed by atoms with van der Waals surface area (Å²) in [4.78, 5) is 12.5. The minimum absolute atomic E-state index is 0.0781. The molecule has 1 aliphatic heterocycles. The van der Waals surface area contributed by atoms with Gasteiger partial charge in [-0.15, -0.1) is 0 Å². The normalized spacial score (nSPS) is 16.5. The molecule has 1 unspecified atom stereocenters. The number of carbonyl (C=O) groups is 1. The Kier molecular flexibility index (Phi) is 5.13. The van der Waals surface area contributed by atoms with Crippen molar-refractivity contribution in [3.63, 3.8) is 0 Å². The molecule has 1 N–H and O–H groups in total. The van der Waals surface area contributed by atoms with Crippen molar-refractivity contribution in [3.05, 3.63) is 59.9 Å². The number of carbonyl (C=O) groups excluding carboxylic acids is 1. The van der Waals surface area contributed by atoms with Crippen molar-refractivity contribution in [2.45, 2.75) is 19.6 Å². The molecular formula is C18H19FN2O4S. The van der Waals surface area contributed by atoms with Crippen molar-refractivity contribution in [1.29, 1.82) is 0 Å². The van der Waals surface area contributed by atoms with Crippen LogP contribution < -0.4 is 14.4 Å². The number of amides is 1. The van der Waals surface area contributed by atoms with Crippen LogP contribution in [0.15, 0.2) is 48.5 Å². The maximum atomic E-state index is 12.9. The average molecular weight is 378 g/mol. The van der Waals surface area contributed by atoms with Gasteiger partial charge in [-0.2, -0.15) is 0 Å². The van der Waals surface area contributed by atoms with Gasteiger partial charge in [-0.3, -0.25) is 9.10 Å². The molecule has 0 saturated heterocycles. The molecule has 138 valence electrons. The van der Waals surface area contributed by atoms with Crippen LogP contribution in [0, 0.1) is 5.82 Å². The zero-order valence-corrected chi connectivity index (χ0v) is 15.0. The molecule has 0 fully saturated rings. The summed E-state index contributed by atoms with van der Waals surface area (Å²) in [6.45, 7) is 1.65. The van der Waals surface area contributed by atoms with Gasteiger partial charge < -0.3 is 10.1 Å². The molecule has 1 atom stereocenters. The number of benzene rings is 2. The Morgan fingerprint density at radius 1 is 1.23 bits per heavy atom. The minimum atomic E-state index is -3.54. The molecule has 2 aromatic rings. The molecule has 0 aromatic heterocycles. The first-order chi connectivity index (χ1) is 12.4. The summed E-state index contributed by atoms with van der Waals surface area (Å²) in [6.07, 6.45) is -0.966. The number of para-hydroxylation sites is 2. The molecule has 1 aliphatic rings. The molecule has 8 heteroatoms. The number of rotatable bonds is 5. The van der Waals surface area contributed by atoms with E-state index in [-0.39, 0.29) is 24.7 Å². The largest absolute Gasteiger partial charge is 0.476 e.